The number of hydrogen-bond donors (Lipinski definition) is 3. The van der Waals surface area contributed by atoms with Gasteiger partial charge in [-0.05, 0) is 30.9 Å². The molecule has 0 amide bonds. The Morgan fingerprint density at radius 2 is 1.93 bits per heavy atom. The lowest BCUT2D eigenvalue weighted by Gasteiger charge is -2.66. The maximum Gasteiger partial charge on any atom is 0.306 e. The lowest BCUT2D eigenvalue weighted by molar-refractivity contribution is -0.305. The minimum atomic E-state index is -1.98. The van der Waals surface area contributed by atoms with E-state index in [9.17, 15) is 24.9 Å². The first-order valence-corrected chi connectivity index (χ1v) is 9.41. The van der Waals surface area contributed by atoms with Crippen molar-refractivity contribution in [1.29, 1.82) is 0 Å². The number of esters is 1. The molecule has 3 N–H and O–H groups in total. The third-order valence-electron chi connectivity index (χ3n) is 8.19. The second kappa shape index (κ2) is 4.89. The highest BCUT2D eigenvalue weighted by Gasteiger charge is 2.81. The van der Waals surface area contributed by atoms with E-state index in [1.807, 2.05) is 6.92 Å². The highest BCUT2D eigenvalue weighted by atomic mass is 16.6. The van der Waals surface area contributed by atoms with Crippen LogP contribution in [0.25, 0.3) is 0 Å². The average Bonchev–Trinajstić information content (AvgIpc) is 2.90. The summed E-state index contributed by atoms with van der Waals surface area (Å²) in [5.74, 6) is -4.25. The van der Waals surface area contributed by atoms with Crippen LogP contribution in [-0.4, -0.2) is 57.8 Å². The van der Waals surface area contributed by atoms with Crippen molar-refractivity contribution in [2.75, 3.05) is 6.61 Å². The van der Waals surface area contributed by atoms with Crippen LogP contribution < -0.4 is 0 Å². The zero-order chi connectivity index (χ0) is 19.5. The van der Waals surface area contributed by atoms with Crippen molar-refractivity contribution >= 4 is 11.8 Å². The van der Waals surface area contributed by atoms with E-state index in [0.717, 1.165) is 5.57 Å². The van der Waals surface area contributed by atoms with Gasteiger partial charge in [0, 0.05) is 22.7 Å². The predicted octanol–water partition coefficient (Wildman–Crippen LogP) is 0.0863. The Balaban J connectivity index is 1.79. The third kappa shape index (κ3) is 1.69. The zero-order valence-corrected chi connectivity index (χ0v) is 15.3. The van der Waals surface area contributed by atoms with E-state index in [2.05, 4.69) is 6.58 Å². The fraction of sp³-hybridized carbons (Fsp3) is 0.700. The summed E-state index contributed by atoms with van der Waals surface area (Å²) in [6, 6.07) is 0. The first-order chi connectivity index (χ1) is 12.6. The Morgan fingerprint density at radius 1 is 1.22 bits per heavy atom. The van der Waals surface area contributed by atoms with Crippen molar-refractivity contribution in [2.24, 2.45) is 28.6 Å². The molecule has 2 heterocycles. The molecule has 5 rings (SSSR count). The SMILES string of the molecule is C=C1C2CC(=O)OC3CC4C(C)=CC(=O)[C@@H](O)[C@]4(C)C4C32CO[C@]4(O)[C@H]1O. The van der Waals surface area contributed by atoms with E-state index in [1.165, 1.54) is 6.08 Å². The molecular formula is C20H24O7. The molecule has 5 unspecified atom stereocenters. The van der Waals surface area contributed by atoms with E-state index < -0.39 is 52.5 Å². The van der Waals surface area contributed by atoms with Crippen molar-refractivity contribution in [3.05, 3.63) is 23.8 Å². The summed E-state index contributed by atoms with van der Waals surface area (Å²) >= 11 is 0. The van der Waals surface area contributed by atoms with Crippen LogP contribution in [0.15, 0.2) is 23.8 Å². The molecule has 27 heavy (non-hydrogen) atoms. The summed E-state index contributed by atoms with van der Waals surface area (Å²) in [6.45, 7) is 7.64. The molecular weight excluding hydrogens is 352 g/mol. The minimum absolute atomic E-state index is 0.0436. The van der Waals surface area contributed by atoms with Crippen LogP contribution in [0, 0.1) is 28.6 Å². The summed E-state index contributed by atoms with van der Waals surface area (Å²) in [7, 11) is 0. The molecule has 5 aliphatic rings. The maximum atomic E-state index is 12.5. The van der Waals surface area contributed by atoms with Gasteiger partial charge in [0.1, 0.15) is 18.3 Å². The van der Waals surface area contributed by atoms with Crippen LogP contribution in [0.3, 0.4) is 0 Å². The van der Waals surface area contributed by atoms with Crippen LogP contribution in [0.4, 0.5) is 0 Å². The van der Waals surface area contributed by atoms with E-state index in [1.54, 1.807) is 6.92 Å². The van der Waals surface area contributed by atoms with Gasteiger partial charge in [0.25, 0.3) is 0 Å². The van der Waals surface area contributed by atoms with Gasteiger partial charge in [-0.2, -0.15) is 0 Å². The van der Waals surface area contributed by atoms with Crippen LogP contribution in [0.1, 0.15) is 26.7 Å². The van der Waals surface area contributed by atoms with Gasteiger partial charge >= 0.3 is 5.97 Å². The van der Waals surface area contributed by atoms with Crippen molar-refractivity contribution < 1.29 is 34.4 Å². The molecule has 2 saturated carbocycles. The number of carbonyl (C=O) groups is 2. The summed E-state index contributed by atoms with van der Waals surface area (Å²) in [4.78, 5) is 24.8. The van der Waals surface area contributed by atoms with Gasteiger partial charge < -0.3 is 24.8 Å². The predicted molar refractivity (Wildman–Crippen MR) is 90.9 cm³/mol. The first-order valence-electron chi connectivity index (χ1n) is 9.41. The Labute approximate surface area is 156 Å². The molecule has 2 aliphatic heterocycles. The number of aliphatic hydroxyl groups is 3. The number of aliphatic hydroxyl groups excluding tert-OH is 2. The quantitative estimate of drug-likeness (QED) is 0.405. The van der Waals surface area contributed by atoms with E-state index >= 15 is 0 Å². The molecule has 2 saturated heterocycles. The lowest BCUT2D eigenvalue weighted by atomic mass is 9.39. The molecule has 0 aromatic carbocycles. The molecule has 0 aromatic heterocycles. The molecule has 9 atom stereocenters. The Morgan fingerprint density at radius 3 is 2.63 bits per heavy atom. The van der Waals surface area contributed by atoms with Gasteiger partial charge in [-0.1, -0.05) is 19.1 Å². The molecule has 7 nitrogen and oxygen atoms in total. The number of rotatable bonds is 0. The van der Waals surface area contributed by atoms with E-state index in [4.69, 9.17) is 9.47 Å². The van der Waals surface area contributed by atoms with Gasteiger partial charge in [0.15, 0.2) is 11.6 Å². The summed E-state index contributed by atoms with van der Waals surface area (Å²) in [5, 5.41) is 33.3. The van der Waals surface area contributed by atoms with E-state index in [-0.39, 0.29) is 24.9 Å². The largest absolute Gasteiger partial charge is 0.462 e. The number of carbonyl (C=O) groups excluding carboxylic acids is 2. The molecule has 4 fully saturated rings. The van der Waals surface area contributed by atoms with E-state index in [0.29, 0.717) is 12.0 Å². The standard InChI is InChI=1S/C20H24O7/c1-8-4-12(21)16(24)18(3)10(8)5-13-19-7-26-20(25,17(18)19)15(23)9(2)11(19)6-14(22)27-13/h4,10-11,13,15-17,23-25H,2,5-7H2,1,3H3/t10?,11?,13?,15-,16+,17?,18+,19?,20+/m0/s1. The van der Waals surface area contributed by atoms with Gasteiger partial charge in [-0.15, -0.1) is 0 Å². The maximum absolute atomic E-state index is 12.5. The second-order valence-corrected chi connectivity index (χ2v) is 9.15. The van der Waals surface area contributed by atoms with Gasteiger partial charge in [0.2, 0.25) is 0 Å². The van der Waals surface area contributed by atoms with Crippen molar-refractivity contribution in [1.82, 2.24) is 0 Å². The smallest absolute Gasteiger partial charge is 0.306 e. The Kier molecular flexibility index (Phi) is 3.18. The first kappa shape index (κ1) is 17.6. The Bertz CT molecular complexity index is 817. The lowest BCUT2D eigenvalue weighted by Crippen LogP contribution is -2.74. The highest BCUT2D eigenvalue weighted by molar-refractivity contribution is 5.96. The minimum Gasteiger partial charge on any atom is -0.462 e. The van der Waals surface area contributed by atoms with Gasteiger partial charge in [-0.25, -0.2) is 0 Å². The fourth-order valence-electron chi connectivity index (χ4n) is 7.14. The molecule has 1 spiro atoms. The monoisotopic (exact) mass is 376 g/mol. The average molecular weight is 376 g/mol. The Hall–Kier alpha value is -1.54. The zero-order valence-electron chi connectivity index (χ0n) is 15.3. The van der Waals surface area contributed by atoms with Crippen molar-refractivity contribution in [3.63, 3.8) is 0 Å². The summed E-state index contributed by atoms with van der Waals surface area (Å²) < 4.78 is 11.5. The fourth-order valence-corrected chi connectivity index (χ4v) is 7.14. The highest BCUT2D eigenvalue weighted by Crippen LogP contribution is 2.73. The number of fused-ring (bicyclic) bond motifs is 1. The van der Waals surface area contributed by atoms with Gasteiger partial charge in [-0.3, -0.25) is 9.59 Å². The molecule has 2 bridgehead atoms. The molecule has 7 heteroatoms. The molecule has 3 aliphatic carbocycles. The topological polar surface area (TPSA) is 113 Å². The third-order valence-corrected chi connectivity index (χ3v) is 8.19. The van der Waals surface area contributed by atoms with Crippen molar-refractivity contribution in [2.45, 2.75) is 50.8 Å². The van der Waals surface area contributed by atoms with Crippen molar-refractivity contribution in [3.8, 4) is 0 Å². The van der Waals surface area contributed by atoms with Crippen LogP contribution in [-0.2, 0) is 19.1 Å². The number of allylic oxidation sites excluding steroid dienone is 1. The number of ether oxygens (including phenoxy) is 2. The normalized spacial score (nSPS) is 56.2. The summed E-state index contributed by atoms with van der Waals surface area (Å²) in [5.41, 5.74) is -0.730. The van der Waals surface area contributed by atoms with Crippen LogP contribution in [0.2, 0.25) is 0 Å². The van der Waals surface area contributed by atoms with Crippen LogP contribution in [0.5, 0.6) is 0 Å². The second-order valence-electron chi connectivity index (χ2n) is 9.15. The number of ketones is 1. The summed E-state index contributed by atoms with van der Waals surface area (Å²) in [6.07, 6.45) is -1.36. The van der Waals surface area contributed by atoms with Crippen LogP contribution >= 0.6 is 0 Å². The van der Waals surface area contributed by atoms with Gasteiger partial charge in [0.05, 0.1) is 13.0 Å². The molecule has 0 aromatic rings. The molecule has 0 radical (unpaired) electrons. The molecule has 146 valence electrons. The number of hydrogen-bond acceptors (Lipinski definition) is 7.